The predicted molar refractivity (Wildman–Crippen MR) is 200 cm³/mol. The second-order valence-corrected chi connectivity index (χ2v) is 15.3. The fourth-order valence-corrected chi connectivity index (χ4v) is 7.40. The lowest BCUT2D eigenvalue weighted by molar-refractivity contribution is -0.156. The molecule has 1 heterocycles. The quantitative estimate of drug-likeness (QED) is 0.186. The number of benzene rings is 1. The number of rotatable bonds is 20. The molecular formula is C39H67N5O7. The van der Waals surface area contributed by atoms with Gasteiger partial charge in [0.1, 0.15) is 6.04 Å². The Labute approximate surface area is 307 Å². The molecule has 1 aromatic rings. The number of likely N-dealkylation sites (N-methyl/N-ethyl adjacent to an activating group) is 2. The molecule has 4 amide bonds. The molecule has 2 rings (SSSR count). The molecule has 1 fully saturated rings. The normalized spacial score (nSPS) is 20.0. The van der Waals surface area contributed by atoms with Gasteiger partial charge in [-0.1, -0.05) is 85.2 Å². The van der Waals surface area contributed by atoms with Crippen molar-refractivity contribution in [3.63, 3.8) is 0 Å². The van der Waals surface area contributed by atoms with Gasteiger partial charge in [0.05, 0.1) is 54.8 Å². The van der Waals surface area contributed by atoms with Gasteiger partial charge in [0.2, 0.25) is 23.6 Å². The lowest BCUT2D eigenvalue weighted by Crippen LogP contribution is -2.62. The van der Waals surface area contributed by atoms with E-state index in [-0.39, 0.29) is 53.8 Å². The summed E-state index contributed by atoms with van der Waals surface area (Å²) in [4.78, 5) is 60.1. The van der Waals surface area contributed by atoms with Crippen LogP contribution in [0.2, 0.25) is 0 Å². The number of carbonyl (C=O) groups excluding carboxylic acids is 4. The number of likely N-dealkylation sites (tertiary alicyclic amines) is 1. The maximum atomic E-state index is 14.1. The maximum absolute atomic E-state index is 14.1. The first-order chi connectivity index (χ1) is 23.9. The Bertz CT molecular complexity index is 1250. The Morgan fingerprint density at radius 3 is 1.96 bits per heavy atom. The highest BCUT2D eigenvalue weighted by molar-refractivity contribution is 5.90. The van der Waals surface area contributed by atoms with E-state index < -0.39 is 48.4 Å². The zero-order valence-electron chi connectivity index (χ0n) is 33.4. The van der Waals surface area contributed by atoms with Crippen molar-refractivity contribution >= 4 is 23.6 Å². The van der Waals surface area contributed by atoms with Crippen LogP contribution in [0.1, 0.15) is 86.3 Å². The Hall–Kier alpha value is -3.06. The topological polar surface area (TPSA) is 141 Å². The van der Waals surface area contributed by atoms with Gasteiger partial charge in [-0.25, -0.2) is 0 Å². The molecule has 1 aromatic carbocycles. The minimum Gasteiger partial charge on any atom is -0.386 e. The molecule has 1 saturated heterocycles. The molecule has 51 heavy (non-hydrogen) atoms. The Balaban J connectivity index is 2.20. The second-order valence-electron chi connectivity index (χ2n) is 15.3. The first-order valence-electron chi connectivity index (χ1n) is 18.5. The van der Waals surface area contributed by atoms with E-state index in [4.69, 9.17) is 9.47 Å². The standard InChI is InChI=1S/C39H67N5O7/c1-14-25(6)34(43(11)39(49)32(23(2)3)41-38(48)33(24(4)5)42(9)10)30(50-12)22-31(45)44-21-20-29(44)36(51-13)26(7)37(47)40-27(8)35(46)28-18-16-15-17-19-28/h15-19,23-27,29-30,32-36,46H,14,20-22H2,1-13H3,(H,40,47)(H,41,48). The Morgan fingerprint density at radius 2 is 1.51 bits per heavy atom. The zero-order chi connectivity index (χ0) is 38.7. The van der Waals surface area contributed by atoms with Crippen LogP contribution >= 0.6 is 0 Å². The van der Waals surface area contributed by atoms with E-state index in [9.17, 15) is 24.3 Å². The molecule has 0 aromatic heterocycles. The van der Waals surface area contributed by atoms with Crippen molar-refractivity contribution in [3.05, 3.63) is 35.9 Å². The third-order valence-corrected chi connectivity index (χ3v) is 10.7. The van der Waals surface area contributed by atoms with Crippen LogP contribution in [-0.4, -0.2) is 128 Å². The number of ether oxygens (including phenoxy) is 2. The van der Waals surface area contributed by atoms with Crippen molar-refractivity contribution < 1.29 is 33.8 Å². The van der Waals surface area contributed by atoms with Gasteiger partial charge in [-0.05, 0) is 50.8 Å². The van der Waals surface area contributed by atoms with Gasteiger partial charge in [0.25, 0.3) is 0 Å². The molecule has 10 unspecified atom stereocenters. The van der Waals surface area contributed by atoms with E-state index in [0.717, 1.165) is 6.42 Å². The summed E-state index contributed by atoms with van der Waals surface area (Å²) in [6, 6.07) is 6.73. The van der Waals surface area contributed by atoms with Crippen LogP contribution in [-0.2, 0) is 28.7 Å². The van der Waals surface area contributed by atoms with Crippen molar-refractivity contribution in [2.24, 2.45) is 23.7 Å². The number of methoxy groups -OCH3 is 2. The number of hydrogen-bond acceptors (Lipinski definition) is 8. The molecular weight excluding hydrogens is 650 g/mol. The summed E-state index contributed by atoms with van der Waals surface area (Å²) in [6.45, 7) is 15.9. The summed E-state index contributed by atoms with van der Waals surface area (Å²) >= 11 is 0. The largest absolute Gasteiger partial charge is 0.386 e. The molecule has 10 atom stereocenters. The van der Waals surface area contributed by atoms with Gasteiger partial charge < -0.3 is 35.0 Å². The number of amides is 4. The predicted octanol–water partition coefficient (Wildman–Crippen LogP) is 3.48. The van der Waals surface area contributed by atoms with E-state index in [0.29, 0.717) is 18.5 Å². The first-order valence-corrected chi connectivity index (χ1v) is 18.5. The molecule has 0 bridgehead atoms. The monoisotopic (exact) mass is 718 g/mol. The minimum absolute atomic E-state index is 0.0127. The molecule has 0 aliphatic carbocycles. The van der Waals surface area contributed by atoms with Gasteiger partial charge in [-0.3, -0.25) is 24.1 Å². The number of hydrogen-bond donors (Lipinski definition) is 3. The van der Waals surface area contributed by atoms with Crippen LogP contribution in [0.4, 0.5) is 0 Å². The summed E-state index contributed by atoms with van der Waals surface area (Å²) < 4.78 is 11.8. The molecule has 290 valence electrons. The van der Waals surface area contributed by atoms with E-state index >= 15 is 0 Å². The lowest BCUT2D eigenvalue weighted by atomic mass is 9.86. The summed E-state index contributed by atoms with van der Waals surface area (Å²) in [5.41, 5.74) is 0.710. The molecule has 0 saturated carbocycles. The van der Waals surface area contributed by atoms with E-state index in [1.165, 1.54) is 0 Å². The maximum Gasteiger partial charge on any atom is 0.245 e. The first kappa shape index (κ1) is 44.1. The Morgan fingerprint density at radius 1 is 0.902 bits per heavy atom. The van der Waals surface area contributed by atoms with E-state index in [1.807, 2.05) is 90.9 Å². The fraction of sp³-hybridized carbons (Fsp3) is 0.744. The van der Waals surface area contributed by atoms with Crippen molar-refractivity contribution in [2.45, 2.75) is 123 Å². The smallest absolute Gasteiger partial charge is 0.245 e. The molecule has 1 aliphatic rings. The minimum atomic E-state index is -0.873. The van der Waals surface area contributed by atoms with E-state index in [1.54, 1.807) is 44.9 Å². The average molecular weight is 718 g/mol. The summed E-state index contributed by atoms with van der Waals surface area (Å²) in [6.07, 6.45) is -0.597. The van der Waals surface area contributed by atoms with Gasteiger partial charge in [-0.2, -0.15) is 0 Å². The lowest BCUT2D eigenvalue weighted by Gasteiger charge is -2.47. The summed E-state index contributed by atoms with van der Waals surface area (Å²) in [5, 5.41) is 16.7. The van der Waals surface area contributed by atoms with Crippen LogP contribution in [0.3, 0.4) is 0 Å². The van der Waals surface area contributed by atoms with Crippen LogP contribution in [0.25, 0.3) is 0 Å². The zero-order valence-corrected chi connectivity index (χ0v) is 33.4. The highest BCUT2D eigenvalue weighted by atomic mass is 16.5. The van der Waals surface area contributed by atoms with Crippen LogP contribution in [0.5, 0.6) is 0 Å². The van der Waals surface area contributed by atoms with Crippen molar-refractivity contribution in [1.29, 1.82) is 0 Å². The number of nitrogens with one attached hydrogen (secondary N) is 2. The van der Waals surface area contributed by atoms with Gasteiger partial charge >= 0.3 is 0 Å². The van der Waals surface area contributed by atoms with E-state index in [2.05, 4.69) is 10.6 Å². The second kappa shape index (κ2) is 20.3. The van der Waals surface area contributed by atoms with Crippen LogP contribution < -0.4 is 10.6 Å². The molecule has 1 aliphatic heterocycles. The third-order valence-electron chi connectivity index (χ3n) is 10.7. The molecule has 12 heteroatoms. The van der Waals surface area contributed by atoms with Crippen LogP contribution in [0.15, 0.2) is 30.3 Å². The highest BCUT2D eigenvalue weighted by Crippen LogP contribution is 2.30. The summed E-state index contributed by atoms with van der Waals surface area (Å²) in [5.74, 6) is -1.57. The highest BCUT2D eigenvalue weighted by Gasteiger charge is 2.45. The fourth-order valence-electron chi connectivity index (χ4n) is 7.40. The van der Waals surface area contributed by atoms with Crippen molar-refractivity contribution in [2.75, 3.05) is 41.9 Å². The van der Waals surface area contributed by atoms with Crippen molar-refractivity contribution in [1.82, 2.24) is 25.3 Å². The molecule has 3 N–H and O–H groups in total. The van der Waals surface area contributed by atoms with Gasteiger partial charge in [0, 0.05) is 27.8 Å². The molecule has 0 spiro atoms. The number of carbonyl (C=O) groups is 4. The van der Waals surface area contributed by atoms with Gasteiger partial charge in [-0.15, -0.1) is 0 Å². The number of nitrogens with zero attached hydrogens (tertiary/aromatic N) is 3. The summed E-state index contributed by atoms with van der Waals surface area (Å²) in [7, 11) is 8.54. The Kier molecular flexibility index (Phi) is 17.5. The van der Waals surface area contributed by atoms with Crippen LogP contribution in [0, 0.1) is 23.7 Å². The SMILES string of the molecule is CCC(C)C(C(CC(=O)N1CCC1C(OC)C(C)C(=O)NC(C)C(O)c1ccccc1)OC)N(C)C(=O)C(NC(=O)C(C(C)C)N(C)C)C(C)C. The average Bonchev–Trinajstić information content (AvgIpc) is 3.06. The molecule has 0 radical (unpaired) electrons. The number of aliphatic hydroxyl groups is 1. The van der Waals surface area contributed by atoms with Gasteiger partial charge in [0.15, 0.2) is 0 Å². The third kappa shape index (κ3) is 11.2. The number of aliphatic hydroxyl groups excluding tert-OH is 1. The van der Waals surface area contributed by atoms with Crippen molar-refractivity contribution in [3.8, 4) is 0 Å². The molecule has 12 nitrogen and oxygen atoms in total.